The summed E-state index contributed by atoms with van der Waals surface area (Å²) in [7, 11) is -5.06. The first-order valence-corrected chi connectivity index (χ1v) is 5.78. The van der Waals surface area contributed by atoms with E-state index in [1.807, 2.05) is 0 Å². The minimum atomic E-state index is -5.94. The van der Waals surface area contributed by atoms with E-state index in [2.05, 4.69) is 4.74 Å². The maximum Gasteiger partial charge on any atom is 0.502 e. The van der Waals surface area contributed by atoms with Gasteiger partial charge in [0.05, 0.1) is 12.7 Å². The van der Waals surface area contributed by atoms with Crippen molar-refractivity contribution in [3.63, 3.8) is 0 Å². The van der Waals surface area contributed by atoms with Crippen LogP contribution in [0.4, 0.5) is 17.6 Å². The van der Waals surface area contributed by atoms with Crippen molar-refractivity contribution in [1.29, 1.82) is 0 Å². The van der Waals surface area contributed by atoms with Crippen LogP contribution in [0.1, 0.15) is 10.4 Å². The molecule has 0 unspecified atom stereocenters. The van der Waals surface area contributed by atoms with Crippen LogP contribution in [-0.2, 0) is 9.84 Å². The van der Waals surface area contributed by atoms with E-state index in [1.54, 1.807) is 0 Å². The molecule has 0 N–H and O–H groups in total. The molecule has 1 aromatic rings. The third-order valence-corrected chi connectivity index (χ3v) is 3.54. The lowest BCUT2D eigenvalue weighted by Gasteiger charge is -2.13. The van der Waals surface area contributed by atoms with Crippen LogP contribution >= 0.6 is 0 Å². The molecule has 0 atom stereocenters. The predicted octanol–water partition coefficient (Wildman–Crippen LogP) is 1.94. The Hall–Kier alpha value is -1.64. The number of aldehydes is 1. The molecule has 0 radical (unpaired) electrons. The molecule has 0 fully saturated rings. The van der Waals surface area contributed by atoms with Gasteiger partial charge in [-0.2, -0.15) is 13.2 Å². The Morgan fingerprint density at radius 3 is 2.22 bits per heavy atom. The maximum absolute atomic E-state index is 13.6. The molecular formula is C9H6F4O4S. The quantitative estimate of drug-likeness (QED) is 0.629. The molecule has 0 saturated carbocycles. The Labute approximate surface area is 99.1 Å². The number of methoxy groups -OCH3 is 1. The number of ether oxygens (including phenoxy) is 1. The van der Waals surface area contributed by atoms with Gasteiger partial charge in [-0.3, -0.25) is 4.79 Å². The molecule has 18 heavy (non-hydrogen) atoms. The highest BCUT2D eigenvalue weighted by Gasteiger charge is 2.50. The molecule has 0 heterocycles. The molecule has 9 heteroatoms. The van der Waals surface area contributed by atoms with Crippen LogP contribution in [0.2, 0.25) is 0 Å². The third kappa shape index (κ3) is 2.17. The topological polar surface area (TPSA) is 60.4 Å². The minimum absolute atomic E-state index is 0.0931. The second kappa shape index (κ2) is 4.56. The first-order chi connectivity index (χ1) is 8.16. The van der Waals surface area contributed by atoms with Gasteiger partial charge < -0.3 is 4.74 Å². The highest BCUT2D eigenvalue weighted by atomic mass is 32.2. The Morgan fingerprint density at radius 2 is 1.83 bits per heavy atom. The predicted molar refractivity (Wildman–Crippen MR) is 51.6 cm³/mol. The van der Waals surface area contributed by atoms with Crippen molar-refractivity contribution >= 4 is 16.1 Å². The minimum Gasteiger partial charge on any atom is -0.495 e. The van der Waals surface area contributed by atoms with Gasteiger partial charge in [0.15, 0.2) is 17.0 Å². The summed E-state index contributed by atoms with van der Waals surface area (Å²) >= 11 is 0. The van der Waals surface area contributed by atoms with Gasteiger partial charge in [-0.15, -0.1) is 0 Å². The zero-order chi connectivity index (χ0) is 14.1. The lowest BCUT2D eigenvalue weighted by molar-refractivity contribution is -0.0439. The van der Waals surface area contributed by atoms with Gasteiger partial charge in [-0.05, 0) is 12.1 Å². The second-order valence-electron chi connectivity index (χ2n) is 3.07. The van der Waals surface area contributed by atoms with Gasteiger partial charge in [0.2, 0.25) is 0 Å². The van der Waals surface area contributed by atoms with Gasteiger partial charge >= 0.3 is 5.51 Å². The smallest absolute Gasteiger partial charge is 0.495 e. The van der Waals surface area contributed by atoms with Gasteiger partial charge in [-0.1, -0.05) is 0 Å². The van der Waals surface area contributed by atoms with E-state index < -0.39 is 37.4 Å². The second-order valence-corrected chi connectivity index (χ2v) is 4.95. The lowest BCUT2D eigenvalue weighted by atomic mass is 10.2. The van der Waals surface area contributed by atoms with Gasteiger partial charge in [-0.25, -0.2) is 12.8 Å². The van der Waals surface area contributed by atoms with Gasteiger partial charge in [0.25, 0.3) is 9.84 Å². The summed E-state index contributed by atoms with van der Waals surface area (Å²) in [5.41, 5.74) is -6.50. The average molecular weight is 286 g/mol. The normalized spacial score (nSPS) is 12.3. The SMILES string of the molecule is COc1ccc(C=O)c(F)c1S(=O)(=O)C(F)(F)F. The van der Waals surface area contributed by atoms with Gasteiger partial charge in [0.1, 0.15) is 5.75 Å². The number of alkyl halides is 3. The van der Waals surface area contributed by atoms with Crippen LogP contribution in [0.3, 0.4) is 0 Å². The van der Waals surface area contributed by atoms with Crippen molar-refractivity contribution in [2.45, 2.75) is 10.4 Å². The van der Waals surface area contributed by atoms with Gasteiger partial charge in [0, 0.05) is 0 Å². The number of rotatable bonds is 3. The van der Waals surface area contributed by atoms with Crippen molar-refractivity contribution in [3.05, 3.63) is 23.5 Å². The van der Waals surface area contributed by atoms with Crippen LogP contribution in [-0.4, -0.2) is 27.3 Å². The summed E-state index contributed by atoms with van der Waals surface area (Å²) in [4.78, 5) is 8.71. The fourth-order valence-electron chi connectivity index (χ4n) is 1.17. The van der Waals surface area contributed by atoms with Crippen molar-refractivity contribution < 1.29 is 35.5 Å². The summed E-state index contributed by atoms with van der Waals surface area (Å²) in [5, 5.41) is 0. The highest BCUT2D eigenvalue weighted by Crippen LogP contribution is 2.37. The molecule has 0 amide bonds. The Bertz CT molecular complexity index is 577. The van der Waals surface area contributed by atoms with E-state index in [0.717, 1.165) is 19.2 Å². The molecule has 0 bridgehead atoms. The third-order valence-electron chi connectivity index (χ3n) is 2.01. The molecular weight excluding hydrogens is 280 g/mol. The molecule has 1 aromatic carbocycles. The highest BCUT2D eigenvalue weighted by molar-refractivity contribution is 7.92. The molecule has 0 aliphatic heterocycles. The summed E-state index contributed by atoms with van der Waals surface area (Å²) in [6, 6.07) is 1.59. The van der Waals surface area contributed by atoms with Crippen molar-refractivity contribution in [2.75, 3.05) is 7.11 Å². The number of sulfone groups is 1. The zero-order valence-electron chi connectivity index (χ0n) is 8.79. The molecule has 0 aromatic heterocycles. The molecule has 0 aliphatic carbocycles. The molecule has 1 rings (SSSR count). The summed E-state index contributed by atoms with van der Waals surface area (Å²) < 4.78 is 77.3. The molecule has 0 spiro atoms. The largest absolute Gasteiger partial charge is 0.502 e. The molecule has 0 saturated heterocycles. The Kier molecular flexibility index (Phi) is 3.65. The number of halogens is 4. The summed E-state index contributed by atoms with van der Waals surface area (Å²) in [6.07, 6.45) is -0.0931. The van der Waals surface area contributed by atoms with E-state index in [9.17, 15) is 30.8 Å². The summed E-state index contributed by atoms with van der Waals surface area (Å²) in [5.74, 6) is -2.61. The standard InChI is InChI=1S/C9H6F4O4S/c1-17-6-3-2-5(4-14)7(10)8(6)18(15,16)9(11,12)13/h2-4H,1H3. The molecule has 4 nitrogen and oxygen atoms in total. The number of hydrogen-bond donors (Lipinski definition) is 0. The zero-order valence-corrected chi connectivity index (χ0v) is 9.60. The van der Waals surface area contributed by atoms with E-state index in [4.69, 9.17) is 0 Å². The lowest BCUT2D eigenvalue weighted by Crippen LogP contribution is -2.25. The van der Waals surface area contributed by atoms with Crippen LogP contribution < -0.4 is 4.74 Å². The fraction of sp³-hybridized carbons (Fsp3) is 0.222. The number of carbonyl (C=O) groups is 1. The van der Waals surface area contributed by atoms with Crippen molar-refractivity contribution in [2.24, 2.45) is 0 Å². The van der Waals surface area contributed by atoms with E-state index in [1.165, 1.54) is 0 Å². The monoisotopic (exact) mass is 286 g/mol. The van der Waals surface area contributed by atoms with Crippen molar-refractivity contribution in [1.82, 2.24) is 0 Å². The molecule has 0 aliphatic rings. The Morgan fingerprint density at radius 1 is 1.28 bits per heavy atom. The van der Waals surface area contributed by atoms with E-state index >= 15 is 0 Å². The van der Waals surface area contributed by atoms with E-state index in [-0.39, 0.29) is 6.29 Å². The fourth-order valence-corrected chi connectivity index (χ4v) is 2.17. The van der Waals surface area contributed by atoms with E-state index in [0.29, 0.717) is 0 Å². The number of hydrogen-bond acceptors (Lipinski definition) is 4. The number of benzene rings is 1. The van der Waals surface area contributed by atoms with Crippen LogP contribution in [0.5, 0.6) is 5.75 Å². The Balaban J connectivity index is 3.73. The maximum atomic E-state index is 13.6. The first-order valence-electron chi connectivity index (χ1n) is 4.29. The van der Waals surface area contributed by atoms with Crippen LogP contribution in [0.25, 0.3) is 0 Å². The number of carbonyl (C=O) groups excluding carboxylic acids is 1. The van der Waals surface area contributed by atoms with Crippen molar-refractivity contribution in [3.8, 4) is 5.75 Å². The average Bonchev–Trinajstić information content (AvgIpc) is 2.26. The van der Waals surface area contributed by atoms with Crippen LogP contribution in [0.15, 0.2) is 17.0 Å². The summed E-state index contributed by atoms with van der Waals surface area (Å²) in [6.45, 7) is 0. The van der Waals surface area contributed by atoms with Crippen LogP contribution in [0, 0.1) is 5.82 Å². The molecule has 100 valence electrons. The first kappa shape index (κ1) is 14.4.